The summed E-state index contributed by atoms with van der Waals surface area (Å²) in [6.45, 7) is -1.28. The second-order valence-electron chi connectivity index (χ2n) is 5.72. The molecule has 0 bridgehead atoms. The lowest BCUT2D eigenvalue weighted by Gasteiger charge is -2.24. The zero-order chi connectivity index (χ0) is 18.2. The van der Waals surface area contributed by atoms with Gasteiger partial charge < -0.3 is 4.74 Å². The number of carbonyl (C=O) groups excluding carboxylic acids is 1. The molecule has 3 rings (SSSR count). The number of amides is 1. The summed E-state index contributed by atoms with van der Waals surface area (Å²) in [7, 11) is 1.56. The molecule has 1 unspecified atom stereocenters. The SMILES string of the molecule is Cc1cc(C2(c3ccncc3)[NH+]=C(N)N(C)C2=O)ccc1OC(F)F. The standard InChI is InChI=1S/C17H16F2N4O2/c1-10-9-12(3-4-13(10)25-15(18)19)17(11-5-7-21-8-6-11)14(24)23(2)16(20)22-17/h3-9,15H,1-2H3,(H2,20,22)/p+1. The highest BCUT2D eigenvalue weighted by atomic mass is 19.3. The van der Waals surface area contributed by atoms with Crippen LogP contribution in [0.4, 0.5) is 8.78 Å². The van der Waals surface area contributed by atoms with Gasteiger partial charge in [0.05, 0.1) is 7.05 Å². The minimum Gasteiger partial charge on any atom is -0.435 e. The summed E-state index contributed by atoms with van der Waals surface area (Å²) in [5, 5.41) is 0. The summed E-state index contributed by atoms with van der Waals surface area (Å²) in [6, 6.07) is 8.04. The molecular formula is C17H17F2N4O2+. The number of carbonyl (C=O) groups is 1. The van der Waals surface area contributed by atoms with E-state index in [4.69, 9.17) is 5.73 Å². The fourth-order valence-corrected chi connectivity index (χ4v) is 2.96. The van der Waals surface area contributed by atoms with Crippen LogP contribution in [0.5, 0.6) is 5.75 Å². The number of rotatable bonds is 4. The lowest BCUT2D eigenvalue weighted by molar-refractivity contribution is -0.525. The van der Waals surface area contributed by atoms with Gasteiger partial charge in [-0.25, -0.2) is 4.90 Å². The second-order valence-corrected chi connectivity index (χ2v) is 5.72. The number of hydrogen-bond acceptors (Lipinski definition) is 4. The van der Waals surface area contributed by atoms with Crippen LogP contribution < -0.4 is 15.5 Å². The van der Waals surface area contributed by atoms with Crippen molar-refractivity contribution in [3.63, 3.8) is 0 Å². The lowest BCUT2D eigenvalue weighted by atomic mass is 9.82. The Kier molecular flexibility index (Phi) is 4.12. The van der Waals surface area contributed by atoms with E-state index in [9.17, 15) is 13.6 Å². The van der Waals surface area contributed by atoms with Gasteiger partial charge in [-0.3, -0.25) is 20.5 Å². The van der Waals surface area contributed by atoms with E-state index >= 15 is 0 Å². The van der Waals surface area contributed by atoms with Crippen LogP contribution in [0, 0.1) is 6.92 Å². The fraction of sp³-hybridized carbons (Fsp3) is 0.235. The first kappa shape index (κ1) is 16.8. The Morgan fingerprint density at radius 2 is 1.92 bits per heavy atom. The summed E-state index contributed by atoms with van der Waals surface area (Å²) >= 11 is 0. The van der Waals surface area contributed by atoms with E-state index in [0.29, 0.717) is 16.7 Å². The molecule has 0 fully saturated rings. The number of pyridine rings is 1. The Hall–Kier alpha value is -3.03. The average molecular weight is 347 g/mol. The van der Waals surface area contributed by atoms with Crippen molar-refractivity contribution < 1.29 is 23.3 Å². The molecule has 6 nitrogen and oxygen atoms in total. The minimum absolute atomic E-state index is 0.0550. The Labute approximate surface area is 142 Å². The number of nitrogens with zero attached hydrogens (tertiary/aromatic N) is 2. The van der Waals surface area contributed by atoms with Crippen molar-refractivity contribution in [2.24, 2.45) is 5.73 Å². The number of likely N-dealkylation sites (N-methyl/N-ethyl adjacent to an activating group) is 1. The molecule has 0 radical (unpaired) electrons. The number of aromatic nitrogens is 1. The van der Waals surface area contributed by atoms with Crippen LogP contribution in [0.3, 0.4) is 0 Å². The first-order chi connectivity index (χ1) is 11.9. The van der Waals surface area contributed by atoms with E-state index in [1.165, 1.54) is 11.0 Å². The van der Waals surface area contributed by atoms with Crippen molar-refractivity contribution >= 4 is 11.9 Å². The van der Waals surface area contributed by atoms with Crippen LogP contribution in [0.15, 0.2) is 42.7 Å². The topological polar surface area (TPSA) is 82.4 Å². The van der Waals surface area contributed by atoms with Crippen molar-refractivity contribution in [3.8, 4) is 5.75 Å². The third-order valence-corrected chi connectivity index (χ3v) is 4.24. The Morgan fingerprint density at radius 1 is 1.24 bits per heavy atom. The first-order valence-corrected chi connectivity index (χ1v) is 7.51. The smallest absolute Gasteiger partial charge is 0.387 e. The Balaban J connectivity index is 2.18. The summed E-state index contributed by atoms with van der Waals surface area (Å²) in [5.74, 6) is -0.0233. The number of nitrogens with two attached hydrogens (primary N) is 1. The average Bonchev–Trinajstić information content (AvgIpc) is 2.82. The van der Waals surface area contributed by atoms with Crippen LogP contribution in [-0.2, 0) is 10.3 Å². The van der Waals surface area contributed by atoms with E-state index < -0.39 is 12.2 Å². The first-order valence-electron chi connectivity index (χ1n) is 7.51. The second kappa shape index (κ2) is 6.12. The molecule has 1 amide bonds. The maximum Gasteiger partial charge on any atom is 0.387 e. The maximum atomic E-state index is 13.0. The van der Waals surface area contributed by atoms with Gasteiger partial charge in [0.25, 0.3) is 0 Å². The van der Waals surface area contributed by atoms with Gasteiger partial charge in [0.15, 0.2) is 0 Å². The van der Waals surface area contributed by atoms with Gasteiger partial charge in [0.1, 0.15) is 5.75 Å². The number of hydrogen-bond donors (Lipinski definition) is 2. The highest BCUT2D eigenvalue weighted by molar-refractivity contribution is 6.03. The quantitative estimate of drug-likeness (QED) is 0.822. The summed E-state index contributed by atoms with van der Waals surface area (Å²) in [4.78, 5) is 21.3. The molecule has 0 saturated carbocycles. The molecule has 1 aliphatic heterocycles. The molecule has 1 aromatic heterocycles. The van der Waals surface area contributed by atoms with Gasteiger partial charge in [-0.2, -0.15) is 8.78 Å². The number of benzene rings is 1. The van der Waals surface area contributed by atoms with Gasteiger partial charge in [0.2, 0.25) is 5.54 Å². The highest BCUT2D eigenvalue weighted by Gasteiger charge is 2.53. The zero-order valence-corrected chi connectivity index (χ0v) is 13.7. The Bertz CT molecular complexity index is 842. The van der Waals surface area contributed by atoms with Gasteiger partial charge in [0, 0.05) is 23.5 Å². The molecule has 25 heavy (non-hydrogen) atoms. The predicted octanol–water partition coefficient (Wildman–Crippen LogP) is 0.102. The number of alkyl halides is 2. The monoisotopic (exact) mass is 347 g/mol. The third kappa shape index (κ3) is 2.69. The van der Waals surface area contributed by atoms with E-state index in [0.717, 1.165) is 0 Å². The van der Waals surface area contributed by atoms with E-state index in [1.54, 1.807) is 50.6 Å². The summed E-state index contributed by atoms with van der Waals surface area (Å²) < 4.78 is 29.5. The fourth-order valence-electron chi connectivity index (χ4n) is 2.96. The van der Waals surface area contributed by atoms with Crippen molar-refractivity contribution in [1.29, 1.82) is 0 Å². The molecule has 2 aromatic rings. The molecule has 1 aromatic carbocycles. The van der Waals surface area contributed by atoms with Crippen molar-refractivity contribution in [3.05, 3.63) is 59.4 Å². The number of ether oxygens (including phenoxy) is 1. The molecule has 3 N–H and O–H groups in total. The van der Waals surface area contributed by atoms with Gasteiger partial charge in [-0.15, -0.1) is 0 Å². The highest BCUT2D eigenvalue weighted by Crippen LogP contribution is 2.32. The molecular weight excluding hydrogens is 330 g/mol. The van der Waals surface area contributed by atoms with Crippen molar-refractivity contribution in [2.45, 2.75) is 19.1 Å². The summed E-state index contributed by atoms with van der Waals surface area (Å²) in [5.41, 5.74) is 6.36. The molecule has 1 atom stereocenters. The van der Waals surface area contributed by atoms with Crippen LogP contribution in [0.2, 0.25) is 0 Å². The Morgan fingerprint density at radius 3 is 2.44 bits per heavy atom. The van der Waals surface area contributed by atoms with Crippen LogP contribution in [-0.4, -0.2) is 35.4 Å². The predicted molar refractivity (Wildman–Crippen MR) is 85.8 cm³/mol. The van der Waals surface area contributed by atoms with E-state index in [-0.39, 0.29) is 17.6 Å². The van der Waals surface area contributed by atoms with Crippen molar-refractivity contribution in [2.75, 3.05) is 7.05 Å². The zero-order valence-electron chi connectivity index (χ0n) is 13.7. The van der Waals surface area contributed by atoms with Crippen molar-refractivity contribution in [1.82, 2.24) is 9.88 Å². The van der Waals surface area contributed by atoms with Crippen LogP contribution in [0.1, 0.15) is 16.7 Å². The van der Waals surface area contributed by atoms with Gasteiger partial charge in [-0.1, -0.05) is 6.07 Å². The summed E-state index contributed by atoms with van der Waals surface area (Å²) in [6.07, 6.45) is 3.14. The van der Waals surface area contributed by atoms with Gasteiger partial charge in [-0.05, 0) is 36.8 Å². The number of guanidine groups is 1. The lowest BCUT2D eigenvalue weighted by Crippen LogP contribution is -2.85. The molecule has 0 saturated heterocycles. The maximum absolute atomic E-state index is 13.0. The van der Waals surface area contributed by atoms with E-state index in [2.05, 4.69) is 14.7 Å². The molecule has 0 spiro atoms. The number of aryl methyl sites for hydroxylation is 1. The molecule has 2 heterocycles. The van der Waals surface area contributed by atoms with Crippen LogP contribution >= 0.6 is 0 Å². The normalized spacial score (nSPS) is 20.1. The molecule has 1 aliphatic rings. The van der Waals surface area contributed by atoms with E-state index in [1.807, 2.05) is 0 Å². The number of nitrogens with one attached hydrogen (secondary N) is 1. The molecule has 8 heteroatoms. The molecule has 130 valence electrons. The third-order valence-electron chi connectivity index (χ3n) is 4.24. The number of halogens is 2. The largest absolute Gasteiger partial charge is 0.435 e. The van der Waals surface area contributed by atoms with Crippen LogP contribution in [0.25, 0.3) is 0 Å². The minimum atomic E-state index is -2.92. The molecule has 0 aliphatic carbocycles. The van der Waals surface area contributed by atoms with Gasteiger partial charge >= 0.3 is 18.5 Å².